The number of morpholine rings is 1. The van der Waals surface area contributed by atoms with Crippen LogP contribution in [0.1, 0.15) is 22.2 Å². The van der Waals surface area contributed by atoms with Gasteiger partial charge in [0.15, 0.2) is 0 Å². The van der Waals surface area contributed by atoms with Crippen LogP contribution < -0.4 is 4.74 Å². The van der Waals surface area contributed by atoms with E-state index in [1.807, 2.05) is 19.1 Å². The van der Waals surface area contributed by atoms with E-state index in [4.69, 9.17) is 9.47 Å². The van der Waals surface area contributed by atoms with E-state index in [9.17, 15) is 13.9 Å². The SMILES string of the molecule is COc1cc(F)c(C(O)c2cc3cc(C)n(CCN4CCOCC4)c3s2)c(F)c1. The van der Waals surface area contributed by atoms with Gasteiger partial charge in [-0.2, -0.15) is 0 Å². The molecule has 29 heavy (non-hydrogen) atoms. The fourth-order valence-corrected chi connectivity index (χ4v) is 4.97. The molecule has 5 nitrogen and oxygen atoms in total. The Morgan fingerprint density at radius 3 is 2.48 bits per heavy atom. The van der Waals surface area contributed by atoms with Crippen molar-refractivity contribution in [3.63, 3.8) is 0 Å². The summed E-state index contributed by atoms with van der Waals surface area (Å²) in [6.45, 7) is 7.14. The molecule has 0 bridgehead atoms. The lowest BCUT2D eigenvalue weighted by atomic mass is 10.1. The highest BCUT2D eigenvalue weighted by molar-refractivity contribution is 7.18. The molecule has 3 heterocycles. The zero-order valence-corrected chi connectivity index (χ0v) is 17.3. The number of halogens is 2. The Morgan fingerprint density at radius 1 is 1.14 bits per heavy atom. The lowest BCUT2D eigenvalue weighted by Gasteiger charge is -2.26. The molecule has 1 N–H and O–H groups in total. The Morgan fingerprint density at radius 2 is 1.83 bits per heavy atom. The lowest BCUT2D eigenvalue weighted by Crippen LogP contribution is -2.38. The molecule has 0 saturated carbocycles. The highest BCUT2D eigenvalue weighted by atomic mass is 32.1. The average Bonchev–Trinajstić information content (AvgIpc) is 3.23. The van der Waals surface area contributed by atoms with Gasteiger partial charge in [0.25, 0.3) is 0 Å². The van der Waals surface area contributed by atoms with Gasteiger partial charge in [0.05, 0.1) is 25.9 Å². The number of aliphatic hydroxyl groups excluding tert-OH is 1. The van der Waals surface area contributed by atoms with Crippen LogP contribution in [0.25, 0.3) is 10.2 Å². The van der Waals surface area contributed by atoms with Crippen molar-refractivity contribution >= 4 is 21.6 Å². The first-order valence-corrected chi connectivity index (χ1v) is 10.4. The Bertz CT molecular complexity index is 988. The minimum atomic E-state index is -1.37. The second-order valence-electron chi connectivity index (χ2n) is 7.21. The van der Waals surface area contributed by atoms with Gasteiger partial charge in [-0.3, -0.25) is 4.90 Å². The van der Waals surface area contributed by atoms with E-state index < -0.39 is 17.7 Å². The summed E-state index contributed by atoms with van der Waals surface area (Å²) >= 11 is 1.37. The van der Waals surface area contributed by atoms with Crippen molar-refractivity contribution in [1.29, 1.82) is 0 Å². The fourth-order valence-electron chi connectivity index (χ4n) is 3.75. The summed E-state index contributed by atoms with van der Waals surface area (Å²) in [5.41, 5.74) is 0.772. The highest BCUT2D eigenvalue weighted by Gasteiger charge is 2.24. The highest BCUT2D eigenvalue weighted by Crippen LogP contribution is 2.37. The Labute approximate surface area is 172 Å². The summed E-state index contributed by atoms with van der Waals surface area (Å²) in [6, 6.07) is 6.03. The molecule has 1 saturated heterocycles. The summed E-state index contributed by atoms with van der Waals surface area (Å²) in [6.07, 6.45) is -1.37. The monoisotopic (exact) mass is 422 g/mol. The van der Waals surface area contributed by atoms with Crippen molar-refractivity contribution in [2.24, 2.45) is 0 Å². The first-order valence-electron chi connectivity index (χ1n) is 9.58. The molecule has 0 aliphatic carbocycles. The van der Waals surface area contributed by atoms with Crippen LogP contribution in [0.15, 0.2) is 24.3 Å². The molecule has 1 aliphatic heterocycles. The fraction of sp³-hybridized carbons (Fsp3) is 0.429. The molecule has 3 aromatic rings. The van der Waals surface area contributed by atoms with Crippen LogP contribution in [0.3, 0.4) is 0 Å². The van der Waals surface area contributed by atoms with Gasteiger partial charge < -0.3 is 19.1 Å². The van der Waals surface area contributed by atoms with Gasteiger partial charge in [-0.1, -0.05) is 0 Å². The molecule has 0 amide bonds. The van der Waals surface area contributed by atoms with Crippen LogP contribution in [0.2, 0.25) is 0 Å². The van der Waals surface area contributed by atoms with E-state index in [2.05, 4.69) is 9.47 Å². The van der Waals surface area contributed by atoms with E-state index in [1.54, 1.807) is 0 Å². The van der Waals surface area contributed by atoms with Crippen molar-refractivity contribution in [1.82, 2.24) is 9.47 Å². The molecule has 1 aromatic carbocycles. The van der Waals surface area contributed by atoms with E-state index >= 15 is 0 Å². The van der Waals surface area contributed by atoms with E-state index in [0.717, 1.165) is 67.4 Å². The second kappa shape index (κ2) is 8.39. The third-order valence-electron chi connectivity index (χ3n) is 5.37. The molecule has 156 valence electrons. The number of ether oxygens (including phenoxy) is 2. The van der Waals surface area contributed by atoms with Crippen molar-refractivity contribution < 1.29 is 23.4 Å². The number of aryl methyl sites for hydroxylation is 1. The summed E-state index contributed by atoms with van der Waals surface area (Å²) in [5.74, 6) is -1.56. The summed E-state index contributed by atoms with van der Waals surface area (Å²) in [5, 5.41) is 11.7. The Kier molecular flexibility index (Phi) is 5.87. The molecule has 1 aliphatic rings. The lowest BCUT2D eigenvalue weighted by molar-refractivity contribution is 0.0365. The molecule has 1 unspecified atom stereocenters. The van der Waals surface area contributed by atoms with E-state index in [-0.39, 0.29) is 11.3 Å². The number of methoxy groups -OCH3 is 1. The zero-order chi connectivity index (χ0) is 20.5. The molecule has 0 radical (unpaired) electrons. The molecule has 4 rings (SSSR count). The number of aliphatic hydroxyl groups is 1. The largest absolute Gasteiger partial charge is 0.497 e. The summed E-state index contributed by atoms with van der Waals surface area (Å²) in [7, 11) is 1.34. The maximum atomic E-state index is 14.4. The van der Waals surface area contributed by atoms with Crippen molar-refractivity contribution in [3.8, 4) is 5.75 Å². The predicted octanol–water partition coefficient (Wildman–Crippen LogP) is 3.71. The number of hydrogen-bond donors (Lipinski definition) is 1. The number of nitrogens with zero attached hydrogens (tertiary/aromatic N) is 2. The summed E-state index contributed by atoms with van der Waals surface area (Å²) in [4.78, 5) is 3.87. The first kappa shape index (κ1) is 20.3. The average molecular weight is 422 g/mol. The molecule has 0 spiro atoms. The smallest absolute Gasteiger partial charge is 0.136 e. The van der Waals surface area contributed by atoms with Crippen LogP contribution in [0.4, 0.5) is 8.78 Å². The Balaban J connectivity index is 1.60. The van der Waals surface area contributed by atoms with E-state index in [1.165, 1.54) is 18.4 Å². The van der Waals surface area contributed by atoms with Gasteiger partial charge >= 0.3 is 0 Å². The van der Waals surface area contributed by atoms with Crippen LogP contribution >= 0.6 is 11.3 Å². The zero-order valence-electron chi connectivity index (χ0n) is 16.5. The molecule has 1 atom stereocenters. The molecule has 1 fully saturated rings. The van der Waals surface area contributed by atoms with Crippen LogP contribution in [-0.4, -0.2) is 54.5 Å². The molecular weight excluding hydrogens is 398 g/mol. The third-order valence-corrected chi connectivity index (χ3v) is 6.60. The molecule has 8 heteroatoms. The maximum absolute atomic E-state index is 14.4. The van der Waals surface area contributed by atoms with Gasteiger partial charge in [0, 0.05) is 54.3 Å². The third kappa shape index (κ3) is 4.02. The van der Waals surface area contributed by atoms with Crippen molar-refractivity contribution in [2.45, 2.75) is 19.6 Å². The molecule has 2 aromatic heterocycles. The second-order valence-corrected chi connectivity index (χ2v) is 8.27. The van der Waals surface area contributed by atoms with Crippen LogP contribution in [0.5, 0.6) is 5.75 Å². The van der Waals surface area contributed by atoms with E-state index in [0.29, 0.717) is 4.88 Å². The first-order chi connectivity index (χ1) is 14.0. The predicted molar refractivity (Wildman–Crippen MR) is 109 cm³/mol. The van der Waals surface area contributed by atoms with Crippen LogP contribution in [-0.2, 0) is 11.3 Å². The van der Waals surface area contributed by atoms with Gasteiger partial charge in [0.2, 0.25) is 0 Å². The number of hydrogen-bond acceptors (Lipinski definition) is 5. The van der Waals surface area contributed by atoms with Crippen molar-refractivity contribution in [2.75, 3.05) is 40.0 Å². The van der Waals surface area contributed by atoms with Crippen LogP contribution in [0, 0.1) is 18.6 Å². The number of rotatable bonds is 6. The number of aromatic nitrogens is 1. The van der Waals surface area contributed by atoms with Gasteiger partial charge in [-0.05, 0) is 19.1 Å². The Hall–Kier alpha value is -2.00. The van der Waals surface area contributed by atoms with Gasteiger partial charge in [-0.25, -0.2) is 8.78 Å². The van der Waals surface area contributed by atoms with Crippen molar-refractivity contribution in [3.05, 3.63) is 52.0 Å². The summed E-state index contributed by atoms with van der Waals surface area (Å²) < 4.78 is 41.3. The number of thiophene rings is 1. The maximum Gasteiger partial charge on any atom is 0.136 e. The van der Waals surface area contributed by atoms with Gasteiger partial charge in [0.1, 0.15) is 28.3 Å². The van der Waals surface area contributed by atoms with Gasteiger partial charge in [-0.15, -0.1) is 11.3 Å². The minimum absolute atomic E-state index is 0.0810. The topological polar surface area (TPSA) is 46.9 Å². The quantitative estimate of drug-likeness (QED) is 0.658. The standard InChI is InChI=1S/C21H24F2N2O3S/c1-13-9-14-10-18(20(26)19-16(22)11-15(27-2)12-17(19)23)29-21(14)25(13)4-3-24-5-7-28-8-6-24/h9-12,20,26H,3-8H2,1-2H3. The normalized spacial score (nSPS) is 16.4. The minimum Gasteiger partial charge on any atom is -0.497 e. The molecular formula is C21H24F2N2O3S. The number of fused-ring (bicyclic) bond motifs is 1. The number of benzene rings is 1.